The second kappa shape index (κ2) is 5.07. The molecule has 0 aliphatic heterocycles. The highest BCUT2D eigenvalue weighted by Crippen LogP contribution is 2.20. The maximum atomic E-state index is 11.6. The Labute approximate surface area is 100 Å². The number of thiophene rings is 1. The number of carbonyl (C=O) groups excluding carboxylic acids is 1. The summed E-state index contributed by atoms with van der Waals surface area (Å²) in [5.74, 6) is -0.303. The molecule has 0 fully saturated rings. The van der Waals surface area contributed by atoms with Gasteiger partial charge in [-0.3, -0.25) is 4.79 Å². The monoisotopic (exact) mass is 293 g/mol. The molecule has 0 spiro atoms. The molecule has 0 bridgehead atoms. The molecule has 0 radical (unpaired) electrons. The molecule has 0 unspecified atom stereocenters. The predicted octanol–water partition coefficient (Wildman–Crippen LogP) is 0.984. The van der Waals surface area contributed by atoms with Gasteiger partial charge in [-0.05, 0) is 28.9 Å². The number of hydrogen-bond acceptors (Lipinski definition) is 4. The average molecular weight is 294 g/mol. The van der Waals surface area contributed by atoms with E-state index in [2.05, 4.69) is 21.2 Å². The third-order valence-electron chi connectivity index (χ3n) is 1.94. The van der Waals surface area contributed by atoms with Gasteiger partial charge in [-0.1, -0.05) is 0 Å². The van der Waals surface area contributed by atoms with Crippen molar-refractivity contribution in [2.75, 3.05) is 13.2 Å². The highest BCUT2D eigenvalue weighted by atomic mass is 79.9. The van der Waals surface area contributed by atoms with E-state index in [0.29, 0.717) is 5.56 Å². The van der Waals surface area contributed by atoms with E-state index in [1.54, 1.807) is 18.4 Å². The molecule has 1 amide bonds. The molecule has 0 atom stereocenters. The molecule has 1 aromatic rings. The largest absolute Gasteiger partial charge is 0.394 e. The van der Waals surface area contributed by atoms with E-state index in [9.17, 15) is 4.79 Å². The van der Waals surface area contributed by atoms with E-state index in [0.717, 1.165) is 3.79 Å². The van der Waals surface area contributed by atoms with E-state index in [-0.39, 0.29) is 19.1 Å². The third-order valence-corrected chi connectivity index (χ3v) is 3.45. The van der Waals surface area contributed by atoms with Crippen LogP contribution in [0, 0.1) is 0 Å². The molecular formula is C9H12BrNO3S. The Balaban J connectivity index is 2.71. The number of carbonyl (C=O) groups is 1. The van der Waals surface area contributed by atoms with Gasteiger partial charge in [0.15, 0.2) is 0 Å². The number of halogens is 1. The first-order chi connectivity index (χ1) is 7.00. The summed E-state index contributed by atoms with van der Waals surface area (Å²) in [6.45, 7) is 0.966. The van der Waals surface area contributed by atoms with Gasteiger partial charge < -0.3 is 15.5 Å². The van der Waals surface area contributed by atoms with Crippen molar-refractivity contribution in [2.45, 2.75) is 12.5 Å². The van der Waals surface area contributed by atoms with Gasteiger partial charge in [0, 0.05) is 5.38 Å². The van der Waals surface area contributed by atoms with Crippen LogP contribution in [0.4, 0.5) is 0 Å². The zero-order chi connectivity index (χ0) is 11.5. The highest BCUT2D eigenvalue weighted by molar-refractivity contribution is 9.11. The lowest BCUT2D eigenvalue weighted by Gasteiger charge is -2.25. The predicted molar refractivity (Wildman–Crippen MR) is 62.1 cm³/mol. The fourth-order valence-electron chi connectivity index (χ4n) is 0.904. The number of rotatable bonds is 4. The fourth-order valence-corrected chi connectivity index (χ4v) is 2.04. The molecule has 0 aliphatic rings. The summed E-state index contributed by atoms with van der Waals surface area (Å²) in [4.78, 5) is 11.6. The maximum Gasteiger partial charge on any atom is 0.252 e. The molecule has 0 aromatic carbocycles. The van der Waals surface area contributed by atoms with Crippen LogP contribution >= 0.6 is 27.3 Å². The summed E-state index contributed by atoms with van der Waals surface area (Å²) in [5, 5.41) is 22.3. The Morgan fingerprint density at radius 2 is 2.20 bits per heavy atom. The number of nitrogens with one attached hydrogen (secondary N) is 1. The summed E-state index contributed by atoms with van der Waals surface area (Å²) >= 11 is 4.66. The molecule has 1 aromatic heterocycles. The second-order valence-electron chi connectivity index (χ2n) is 3.47. The second-order valence-corrected chi connectivity index (χ2v) is 5.76. The van der Waals surface area contributed by atoms with Gasteiger partial charge in [0.05, 0.1) is 28.1 Å². The molecule has 6 heteroatoms. The first-order valence-corrected chi connectivity index (χ1v) is 5.96. The number of aliphatic hydroxyl groups excluding tert-OH is 2. The van der Waals surface area contributed by atoms with Gasteiger partial charge in [-0.15, -0.1) is 11.3 Å². The van der Waals surface area contributed by atoms with E-state index < -0.39 is 5.54 Å². The molecule has 15 heavy (non-hydrogen) atoms. The lowest BCUT2D eigenvalue weighted by Crippen LogP contribution is -2.51. The Bertz CT molecular complexity index is 349. The van der Waals surface area contributed by atoms with Crippen molar-refractivity contribution in [1.82, 2.24) is 5.32 Å². The lowest BCUT2D eigenvalue weighted by atomic mass is 10.1. The SMILES string of the molecule is CC(CO)(CO)NC(=O)c1csc(Br)c1. The first kappa shape index (κ1) is 12.6. The summed E-state index contributed by atoms with van der Waals surface area (Å²) in [6.07, 6.45) is 0. The average Bonchev–Trinajstić information content (AvgIpc) is 2.65. The number of amides is 1. The fraction of sp³-hybridized carbons (Fsp3) is 0.444. The van der Waals surface area contributed by atoms with Gasteiger partial charge in [-0.25, -0.2) is 0 Å². The molecule has 0 saturated heterocycles. The quantitative estimate of drug-likeness (QED) is 0.775. The standard InChI is InChI=1S/C9H12BrNO3S/c1-9(4-12,5-13)11-8(14)6-2-7(10)15-3-6/h2-3,12-13H,4-5H2,1H3,(H,11,14). The van der Waals surface area contributed by atoms with Crippen LogP contribution in [0.15, 0.2) is 15.2 Å². The van der Waals surface area contributed by atoms with Crippen LogP contribution in [0.3, 0.4) is 0 Å². The van der Waals surface area contributed by atoms with Crippen molar-refractivity contribution < 1.29 is 15.0 Å². The van der Waals surface area contributed by atoms with Gasteiger partial charge in [0.25, 0.3) is 5.91 Å². The Morgan fingerprint density at radius 3 is 2.60 bits per heavy atom. The Hall–Kier alpha value is -0.430. The van der Waals surface area contributed by atoms with E-state index in [1.807, 2.05) is 0 Å². The Morgan fingerprint density at radius 1 is 1.60 bits per heavy atom. The summed E-state index contributed by atoms with van der Waals surface area (Å²) in [5.41, 5.74) is -0.467. The van der Waals surface area contributed by atoms with Crippen molar-refractivity contribution in [2.24, 2.45) is 0 Å². The van der Waals surface area contributed by atoms with Crippen LogP contribution in [-0.4, -0.2) is 34.9 Å². The van der Waals surface area contributed by atoms with Crippen LogP contribution in [0.2, 0.25) is 0 Å². The topological polar surface area (TPSA) is 69.6 Å². The molecule has 0 saturated carbocycles. The van der Waals surface area contributed by atoms with Crippen LogP contribution in [0.5, 0.6) is 0 Å². The zero-order valence-electron chi connectivity index (χ0n) is 8.16. The van der Waals surface area contributed by atoms with Gasteiger partial charge in [-0.2, -0.15) is 0 Å². The molecule has 1 rings (SSSR count). The van der Waals surface area contributed by atoms with Crippen LogP contribution in [-0.2, 0) is 0 Å². The van der Waals surface area contributed by atoms with Gasteiger partial charge in [0.1, 0.15) is 0 Å². The minimum atomic E-state index is -0.981. The van der Waals surface area contributed by atoms with E-state index in [4.69, 9.17) is 10.2 Å². The van der Waals surface area contributed by atoms with Gasteiger partial charge in [0.2, 0.25) is 0 Å². The van der Waals surface area contributed by atoms with E-state index in [1.165, 1.54) is 11.3 Å². The molecule has 84 valence electrons. The normalized spacial score (nSPS) is 11.5. The summed E-state index contributed by atoms with van der Waals surface area (Å²) in [7, 11) is 0. The molecule has 1 heterocycles. The third kappa shape index (κ3) is 3.27. The highest BCUT2D eigenvalue weighted by Gasteiger charge is 2.25. The van der Waals surface area contributed by atoms with Crippen molar-refractivity contribution >= 4 is 33.2 Å². The van der Waals surface area contributed by atoms with Crippen molar-refractivity contribution in [3.05, 3.63) is 20.8 Å². The van der Waals surface area contributed by atoms with Crippen LogP contribution in [0.25, 0.3) is 0 Å². The minimum Gasteiger partial charge on any atom is -0.394 e. The smallest absolute Gasteiger partial charge is 0.252 e. The Kier molecular flexibility index (Phi) is 4.27. The maximum absolute atomic E-state index is 11.6. The molecule has 3 N–H and O–H groups in total. The van der Waals surface area contributed by atoms with E-state index >= 15 is 0 Å². The summed E-state index contributed by atoms with van der Waals surface area (Å²) < 4.78 is 0.863. The molecule has 4 nitrogen and oxygen atoms in total. The lowest BCUT2D eigenvalue weighted by molar-refractivity contribution is 0.0724. The van der Waals surface area contributed by atoms with Crippen molar-refractivity contribution in [3.63, 3.8) is 0 Å². The number of aliphatic hydroxyl groups is 2. The van der Waals surface area contributed by atoms with Crippen molar-refractivity contribution in [1.29, 1.82) is 0 Å². The van der Waals surface area contributed by atoms with Gasteiger partial charge >= 0.3 is 0 Å². The summed E-state index contributed by atoms with van der Waals surface area (Å²) in [6, 6.07) is 1.69. The molecule has 0 aliphatic carbocycles. The minimum absolute atomic E-state index is 0.303. The van der Waals surface area contributed by atoms with Crippen LogP contribution in [0.1, 0.15) is 17.3 Å². The number of hydrogen-bond donors (Lipinski definition) is 3. The molecular weight excluding hydrogens is 282 g/mol. The zero-order valence-corrected chi connectivity index (χ0v) is 10.6. The van der Waals surface area contributed by atoms with Crippen LogP contribution < -0.4 is 5.32 Å². The van der Waals surface area contributed by atoms with Crippen molar-refractivity contribution in [3.8, 4) is 0 Å². The first-order valence-electron chi connectivity index (χ1n) is 4.29.